The number of ketones is 1. The predicted octanol–water partition coefficient (Wildman–Crippen LogP) is 3.06. The fraction of sp³-hybridized carbons (Fsp3) is 0.571. The monoisotopic (exact) mass is 421 g/mol. The summed E-state index contributed by atoms with van der Waals surface area (Å²) in [4.78, 5) is 13.9. The van der Waals surface area contributed by atoms with E-state index >= 15 is 0 Å². The van der Waals surface area contributed by atoms with Crippen LogP contribution in [-0.2, 0) is 11.5 Å². The van der Waals surface area contributed by atoms with Crippen molar-refractivity contribution in [3.05, 3.63) is 27.7 Å². The molecule has 1 rings (SSSR count). The number of carbonyl (C=O) groups is 1. The Bertz CT molecular complexity index is 507. The van der Waals surface area contributed by atoms with Crippen molar-refractivity contribution in [1.29, 1.82) is 0 Å². The SMILES string of the molecule is CN(C)C=CC(=O)c1cn(COCC[Si](C)(C)C)nc1I. The lowest BCUT2D eigenvalue weighted by molar-refractivity contribution is 0.0782. The molecule has 0 aromatic carbocycles. The number of hydrogen-bond acceptors (Lipinski definition) is 4. The highest BCUT2D eigenvalue weighted by atomic mass is 127. The minimum Gasteiger partial charge on any atom is -0.383 e. The van der Waals surface area contributed by atoms with Crippen LogP contribution < -0.4 is 0 Å². The van der Waals surface area contributed by atoms with Gasteiger partial charge in [-0.3, -0.25) is 4.79 Å². The van der Waals surface area contributed by atoms with Crippen molar-refractivity contribution < 1.29 is 9.53 Å². The molecule has 0 unspecified atom stereocenters. The molecule has 5 nitrogen and oxygen atoms in total. The van der Waals surface area contributed by atoms with Crippen LogP contribution in [0.2, 0.25) is 25.7 Å². The van der Waals surface area contributed by atoms with Crippen LogP contribution in [0.4, 0.5) is 0 Å². The third-order valence-electron chi connectivity index (χ3n) is 2.73. The van der Waals surface area contributed by atoms with E-state index in [9.17, 15) is 4.79 Å². The zero-order valence-electron chi connectivity index (χ0n) is 13.4. The van der Waals surface area contributed by atoms with Gasteiger partial charge >= 0.3 is 0 Å². The van der Waals surface area contributed by atoms with Gasteiger partial charge in [-0.1, -0.05) is 19.6 Å². The number of nitrogens with zero attached hydrogens (tertiary/aromatic N) is 3. The van der Waals surface area contributed by atoms with Gasteiger partial charge in [-0.05, 0) is 28.6 Å². The van der Waals surface area contributed by atoms with Gasteiger partial charge in [0.2, 0.25) is 0 Å². The minimum atomic E-state index is -1.06. The maximum Gasteiger partial charge on any atom is 0.191 e. The summed E-state index contributed by atoms with van der Waals surface area (Å²) in [5.74, 6) is -0.0403. The molecule has 0 atom stereocenters. The van der Waals surface area contributed by atoms with Crippen LogP contribution in [0.3, 0.4) is 0 Å². The van der Waals surface area contributed by atoms with Gasteiger partial charge in [-0.2, -0.15) is 5.10 Å². The number of hydrogen-bond donors (Lipinski definition) is 0. The molecule has 0 radical (unpaired) electrons. The average molecular weight is 421 g/mol. The number of rotatable bonds is 8. The molecule has 1 aromatic rings. The van der Waals surface area contributed by atoms with E-state index in [1.807, 2.05) is 19.0 Å². The van der Waals surface area contributed by atoms with Crippen LogP contribution in [0, 0.1) is 3.70 Å². The Balaban J connectivity index is 2.56. The molecule has 7 heteroatoms. The lowest BCUT2D eigenvalue weighted by atomic mass is 10.2. The Morgan fingerprint density at radius 2 is 2.14 bits per heavy atom. The van der Waals surface area contributed by atoms with Crippen molar-refractivity contribution in [3.63, 3.8) is 0 Å². The van der Waals surface area contributed by atoms with Crippen molar-refractivity contribution in [2.45, 2.75) is 32.4 Å². The van der Waals surface area contributed by atoms with E-state index in [1.54, 1.807) is 23.2 Å². The molecule has 0 aliphatic rings. The molecule has 0 fully saturated rings. The Kier molecular flexibility index (Phi) is 7.08. The number of allylic oxidation sites excluding steroid dienone is 1. The van der Waals surface area contributed by atoms with Gasteiger partial charge in [-0.15, -0.1) is 0 Å². The first-order valence-electron chi connectivity index (χ1n) is 6.89. The largest absolute Gasteiger partial charge is 0.383 e. The lowest BCUT2D eigenvalue weighted by Crippen LogP contribution is -2.22. The Labute approximate surface area is 141 Å². The van der Waals surface area contributed by atoms with E-state index in [2.05, 4.69) is 47.3 Å². The normalized spacial score (nSPS) is 12.1. The highest BCUT2D eigenvalue weighted by molar-refractivity contribution is 14.1. The van der Waals surface area contributed by atoms with Gasteiger partial charge < -0.3 is 9.64 Å². The topological polar surface area (TPSA) is 47.4 Å². The van der Waals surface area contributed by atoms with Gasteiger partial charge in [0, 0.05) is 47.2 Å². The van der Waals surface area contributed by atoms with Crippen LogP contribution in [0.5, 0.6) is 0 Å². The molecule has 21 heavy (non-hydrogen) atoms. The van der Waals surface area contributed by atoms with Crippen LogP contribution >= 0.6 is 22.6 Å². The van der Waals surface area contributed by atoms with Gasteiger partial charge in [0.25, 0.3) is 0 Å². The molecule has 0 aliphatic heterocycles. The summed E-state index contributed by atoms with van der Waals surface area (Å²) in [6.45, 7) is 8.10. The number of halogens is 1. The molecular formula is C14H24IN3O2Si. The first-order chi connectivity index (χ1) is 9.69. The zero-order chi connectivity index (χ0) is 16.0. The summed E-state index contributed by atoms with van der Waals surface area (Å²) < 4.78 is 8.02. The van der Waals surface area contributed by atoms with Gasteiger partial charge in [-0.25, -0.2) is 4.68 Å². The van der Waals surface area contributed by atoms with E-state index in [1.165, 1.54) is 0 Å². The van der Waals surface area contributed by atoms with E-state index in [-0.39, 0.29) is 5.78 Å². The standard InChI is InChI=1S/C14H24IN3O2Si/c1-17(2)7-6-13(19)12-10-18(16-14(12)15)11-20-8-9-21(3,4)5/h6-7,10H,8-9,11H2,1-5H3. The second-order valence-corrected chi connectivity index (χ2v) is 13.0. The van der Waals surface area contributed by atoms with Crippen LogP contribution in [0.25, 0.3) is 0 Å². The third-order valence-corrected chi connectivity index (χ3v) is 5.23. The maximum atomic E-state index is 12.0. The first kappa shape index (κ1) is 18.4. The summed E-state index contributed by atoms with van der Waals surface area (Å²) in [6, 6.07) is 1.13. The van der Waals surface area contributed by atoms with E-state index in [4.69, 9.17) is 4.74 Å². The maximum absolute atomic E-state index is 12.0. The summed E-state index contributed by atoms with van der Waals surface area (Å²) in [7, 11) is 2.69. The number of carbonyl (C=O) groups excluding carboxylic acids is 1. The second kappa shape index (κ2) is 8.09. The zero-order valence-corrected chi connectivity index (χ0v) is 16.5. The average Bonchev–Trinajstić information content (AvgIpc) is 2.72. The molecule has 0 bridgehead atoms. The van der Waals surface area contributed by atoms with E-state index < -0.39 is 8.07 Å². The Morgan fingerprint density at radius 1 is 1.48 bits per heavy atom. The molecule has 0 saturated carbocycles. The Morgan fingerprint density at radius 3 is 2.71 bits per heavy atom. The van der Waals surface area contributed by atoms with Crippen molar-refractivity contribution in [2.24, 2.45) is 0 Å². The molecule has 0 aliphatic carbocycles. The highest BCUT2D eigenvalue weighted by Gasteiger charge is 2.14. The number of ether oxygens (including phenoxy) is 1. The second-order valence-electron chi connectivity index (χ2n) is 6.36. The first-order valence-corrected chi connectivity index (χ1v) is 11.7. The van der Waals surface area contributed by atoms with Crippen molar-refractivity contribution >= 4 is 36.4 Å². The lowest BCUT2D eigenvalue weighted by Gasteiger charge is -2.15. The summed E-state index contributed by atoms with van der Waals surface area (Å²) >= 11 is 2.08. The molecule has 0 spiro atoms. The van der Waals surface area contributed by atoms with Crippen molar-refractivity contribution in [3.8, 4) is 0 Å². The van der Waals surface area contributed by atoms with Crippen molar-refractivity contribution in [1.82, 2.24) is 14.7 Å². The Hall–Kier alpha value is -0.673. The summed E-state index contributed by atoms with van der Waals surface area (Å²) in [6.07, 6.45) is 5.04. The molecule has 118 valence electrons. The predicted molar refractivity (Wildman–Crippen MR) is 96.2 cm³/mol. The van der Waals surface area contributed by atoms with Crippen LogP contribution in [-0.4, -0.2) is 49.2 Å². The molecule has 1 heterocycles. The van der Waals surface area contributed by atoms with Crippen LogP contribution in [0.15, 0.2) is 18.5 Å². The fourth-order valence-corrected chi connectivity index (χ4v) is 2.91. The van der Waals surface area contributed by atoms with Gasteiger partial charge in [0.05, 0.1) is 5.56 Å². The van der Waals surface area contributed by atoms with Gasteiger partial charge in [0.1, 0.15) is 10.4 Å². The van der Waals surface area contributed by atoms with Gasteiger partial charge in [0.15, 0.2) is 5.78 Å². The molecule has 0 N–H and O–H groups in total. The van der Waals surface area contributed by atoms with Crippen LogP contribution in [0.1, 0.15) is 10.4 Å². The van der Waals surface area contributed by atoms with E-state index in [0.29, 0.717) is 16.0 Å². The molecule has 1 aromatic heterocycles. The molecular weight excluding hydrogens is 397 g/mol. The van der Waals surface area contributed by atoms with E-state index in [0.717, 1.165) is 12.7 Å². The summed E-state index contributed by atoms with van der Waals surface area (Å²) in [5.41, 5.74) is 0.613. The molecule has 0 saturated heterocycles. The quantitative estimate of drug-likeness (QED) is 0.213. The molecule has 0 amide bonds. The fourth-order valence-electron chi connectivity index (χ4n) is 1.47. The van der Waals surface area contributed by atoms with Crippen molar-refractivity contribution in [2.75, 3.05) is 20.7 Å². The summed E-state index contributed by atoms with van der Waals surface area (Å²) in [5, 5.41) is 4.31. The minimum absolute atomic E-state index is 0.0403. The third kappa shape index (κ3) is 7.23. The number of aromatic nitrogens is 2. The highest BCUT2D eigenvalue weighted by Crippen LogP contribution is 2.12. The smallest absolute Gasteiger partial charge is 0.191 e.